The van der Waals surface area contributed by atoms with Gasteiger partial charge in [0.1, 0.15) is 0 Å². The molecule has 0 amide bonds. The summed E-state index contributed by atoms with van der Waals surface area (Å²) in [4.78, 5) is 9.74. The molecule has 0 aliphatic rings. The maximum atomic E-state index is 9.74. The van der Waals surface area contributed by atoms with Gasteiger partial charge < -0.3 is 15.9 Å². The molecule has 0 aliphatic carbocycles. The van der Waals surface area contributed by atoms with E-state index in [0.29, 0.717) is 0 Å². The molecule has 0 rings (SSSR count). The topological polar surface area (TPSA) is 95.9 Å². The third-order valence-electron chi connectivity index (χ3n) is 0.966. The van der Waals surface area contributed by atoms with Crippen molar-refractivity contribution in [2.75, 3.05) is 0 Å². The number of nitrogens with zero attached hydrogens (tertiary/aromatic N) is 1. The van der Waals surface area contributed by atoms with Crippen LogP contribution >= 0.6 is 0 Å². The molecule has 9 heavy (non-hydrogen) atoms. The Morgan fingerprint density at radius 1 is 1.56 bits per heavy atom. The van der Waals surface area contributed by atoms with Crippen molar-refractivity contribution in [3.8, 4) is 0 Å². The normalized spacial score (nSPS) is 17.4. The van der Waals surface area contributed by atoms with Gasteiger partial charge in [-0.3, -0.25) is 0 Å². The van der Waals surface area contributed by atoms with Gasteiger partial charge in [-0.05, 0) is 6.92 Å². The summed E-state index contributed by atoms with van der Waals surface area (Å²) in [6.45, 7) is 1.48. The zero-order chi connectivity index (χ0) is 7.44. The smallest absolute Gasteiger partial charge is 0.179 e. The van der Waals surface area contributed by atoms with Gasteiger partial charge in [-0.25, -0.2) is 0 Å². The number of rotatable bonds is 3. The monoisotopic (exact) mass is 134 g/mol. The van der Waals surface area contributed by atoms with Crippen molar-refractivity contribution >= 4 is 0 Å². The molecular weight excluding hydrogens is 124 g/mol. The summed E-state index contributed by atoms with van der Waals surface area (Å²) in [5.41, 5.74) is 5.13. The fraction of sp³-hybridized carbons (Fsp3) is 1.00. The van der Waals surface area contributed by atoms with Crippen LogP contribution in [0.4, 0.5) is 0 Å². The van der Waals surface area contributed by atoms with Gasteiger partial charge in [0, 0.05) is 6.04 Å². The van der Waals surface area contributed by atoms with E-state index < -0.39 is 18.4 Å². The fourth-order valence-corrected chi connectivity index (χ4v) is 0.422. The third-order valence-corrected chi connectivity index (χ3v) is 0.966. The van der Waals surface area contributed by atoms with E-state index in [-0.39, 0.29) is 0 Å². The Balaban J connectivity index is 3.82. The average molecular weight is 134 g/mol. The van der Waals surface area contributed by atoms with Crippen LogP contribution in [0.1, 0.15) is 6.92 Å². The number of nitroso groups, excluding NO2 is 1. The molecule has 2 unspecified atom stereocenters. The first-order valence-corrected chi connectivity index (χ1v) is 2.53. The second kappa shape index (κ2) is 3.49. The van der Waals surface area contributed by atoms with Crippen molar-refractivity contribution in [2.24, 2.45) is 10.9 Å². The van der Waals surface area contributed by atoms with Crippen LogP contribution in [-0.4, -0.2) is 28.6 Å². The molecule has 0 radical (unpaired) electrons. The number of aliphatic hydroxyl groups excluding tert-OH is 1. The molecule has 0 fully saturated rings. The van der Waals surface area contributed by atoms with Crippen LogP contribution in [0.3, 0.4) is 0 Å². The molecule has 0 aliphatic heterocycles. The molecule has 0 spiro atoms. The summed E-state index contributed by atoms with van der Waals surface area (Å²) in [5, 5.41) is 19.1. The van der Waals surface area contributed by atoms with Crippen molar-refractivity contribution in [3.05, 3.63) is 4.91 Å². The van der Waals surface area contributed by atoms with Crippen LogP contribution in [0.25, 0.3) is 0 Å². The highest BCUT2D eigenvalue weighted by molar-refractivity contribution is 4.76. The van der Waals surface area contributed by atoms with E-state index in [2.05, 4.69) is 5.18 Å². The first kappa shape index (κ1) is 8.48. The van der Waals surface area contributed by atoms with Gasteiger partial charge >= 0.3 is 0 Å². The van der Waals surface area contributed by atoms with Crippen molar-refractivity contribution in [2.45, 2.75) is 25.3 Å². The van der Waals surface area contributed by atoms with Crippen LogP contribution in [0.5, 0.6) is 0 Å². The third kappa shape index (κ3) is 2.50. The second-order valence-electron chi connectivity index (χ2n) is 1.87. The van der Waals surface area contributed by atoms with E-state index >= 15 is 0 Å². The Bertz CT molecular complexity index is 85.8. The summed E-state index contributed by atoms with van der Waals surface area (Å²) in [7, 11) is 0. The molecule has 4 N–H and O–H groups in total. The summed E-state index contributed by atoms with van der Waals surface area (Å²) < 4.78 is 0. The quantitative estimate of drug-likeness (QED) is 0.333. The van der Waals surface area contributed by atoms with E-state index in [4.69, 9.17) is 15.9 Å². The van der Waals surface area contributed by atoms with Gasteiger partial charge in [0.25, 0.3) is 0 Å². The van der Waals surface area contributed by atoms with Gasteiger partial charge in [0.15, 0.2) is 12.3 Å². The molecule has 5 nitrogen and oxygen atoms in total. The number of nitrogens with two attached hydrogens (primary N) is 1. The van der Waals surface area contributed by atoms with E-state index in [9.17, 15) is 4.91 Å². The van der Waals surface area contributed by atoms with Gasteiger partial charge in [0.2, 0.25) is 0 Å². The largest absolute Gasteiger partial charge is 0.366 e. The van der Waals surface area contributed by atoms with Crippen molar-refractivity contribution in [1.29, 1.82) is 0 Å². The molecule has 0 heterocycles. The molecule has 2 atom stereocenters. The van der Waals surface area contributed by atoms with E-state index in [1.165, 1.54) is 6.92 Å². The summed E-state index contributed by atoms with van der Waals surface area (Å²) in [6.07, 6.45) is -1.75. The van der Waals surface area contributed by atoms with E-state index in [0.717, 1.165) is 0 Å². The average Bonchev–Trinajstić information content (AvgIpc) is 1.64. The van der Waals surface area contributed by atoms with Crippen LogP contribution in [0.15, 0.2) is 5.18 Å². The number of hydrogen-bond acceptors (Lipinski definition) is 5. The predicted molar refractivity (Wildman–Crippen MR) is 31.5 cm³/mol. The minimum atomic E-state index is -1.75. The van der Waals surface area contributed by atoms with E-state index in [1.54, 1.807) is 0 Å². The molecule has 0 saturated heterocycles. The zero-order valence-corrected chi connectivity index (χ0v) is 5.06. The van der Waals surface area contributed by atoms with Crippen molar-refractivity contribution in [1.82, 2.24) is 0 Å². The molecule has 5 heteroatoms. The lowest BCUT2D eigenvalue weighted by Gasteiger charge is -2.13. The SMILES string of the molecule is CC(N)C(N=O)C(O)O. The molecule has 0 saturated carbocycles. The Morgan fingerprint density at radius 3 is 2.00 bits per heavy atom. The highest BCUT2D eigenvalue weighted by Crippen LogP contribution is 1.98. The van der Waals surface area contributed by atoms with Crippen LogP contribution < -0.4 is 5.73 Å². The number of hydrogen-bond donors (Lipinski definition) is 3. The van der Waals surface area contributed by atoms with E-state index in [1.807, 2.05) is 0 Å². The van der Waals surface area contributed by atoms with Gasteiger partial charge in [0.05, 0.1) is 0 Å². The Morgan fingerprint density at radius 2 is 2.00 bits per heavy atom. The lowest BCUT2D eigenvalue weighted by molar-refractivity contribution is -0.0615. The number of aliphatic hydroxyl groups is 2. The molecule has 54 valence electrons. The summed E-state index contributed by atoms with van der Waals surface area (Å²) >= 11 is 0. The highest BCUT2D eigenvalue weighted by Gasteiger charge is 2.21. The minimum absolute atomic E-state index is 0.623. The zero-order valence-electron chi connectivity index (χ0n) is 5.06. The molecule has 0 aromatic rings. The van der Waals surface area contributed by atoms with Crippen LogP contribution in [0, 0.1) is 4.91 Å². The molecular formula is C4H10N2O3. The first-order valence-electron chi connectivity index (χ1n) is 2.53. The van der Waals surface area contributed by atoms with Gasteiger partial charge in [-0.2, -0.15) is 4.91 Å². The lowest BCUT2D eigenvalue weighted by atomic mass is 10.2. The lowest BCUT2D eigenvalue weighted by Crippen LogP contribution is -2.39. The van der Waals surface area contributed by atoms with Crippen LogP contribution in [0.2, 0.25) is 0 Å². The maximum Gasteiger partial charge on any atom is 0.179 e. The second-order valence-corrected chi connectivity index (χ2v) is 1.87. The highest BCUT2D eigenvalue weighted by atomic mass is 16.5. The van der Waals surface area contributed by atoms with Crippen molar-refractivity contribution < 1.29 is 10.2 Å². The van der Waals surface area contributed by atoms with Gasteiger partial charge in [-0.15, -0.1) is 0 Å². The van der Waals surface area contributed by atoms with Crippen LogP contribution in [-0.2, 0) is 0 Å². The van der Waals surface area contributed by atoms with Gasteiger partial charge in [-0.1, -0.05) is 5.18 Å². The molecule has 0 aromatic carbocycles. The Hall–Kier alpha value is -0.520. The van der Waals surface area contributed by atoms with Crippen molar-refractivity contribution in [3.63, 3.8) is 0 Å². The summed E-state index contributed by atoms with van der Waals surface area (Å²) in [5.74, 6) is 0. The molecule has 0 bridgehead atoms. The first-order chi connectivity index (χ1) is 4.09. The fourth-order valence-electron chi connectivity index (χ4n) is 0.422. The Labute approximate surface area is 52.5 Å². The minimum Gasteiger partial charge on any atom is -0.366 e. The molecule has 0 aromatic heterocycles. The summed E-state index contributed by atoms with van der Waals surface area (Å²) in [6, 6.07) is -1.74. The Kier molecular flexibility index (Phi) is 3.29. The standard InChI is InChI=1S/C4H10N2O3/c1-2(5)3(6-9)4(7)8/h2-4,7-8H,5H2,1H3. The predicted octanol–water partition coefficient (Wildman–Crippen LogP) is -1.22. The maximum absolute atomic E-state index is 9.74.